The van der Waals surface area contributed by atoms with Crippen LogP contribution in [0.5, 0.6) is 0 Å². The summed E-state index contributed by atoms with van der Waals surface area (Å²) in [5, 5.41) is 9.86. The number of amides is 1. The van der Waals surface area contributed by atoms with Crippen molar-refractivity contribution in [1.29, 1.82) is 0 Å². The van der Waals surface area contributed by atoms with Crippen LogP contribution in [0.25, 0.3) is 0 Å². The molecular weight excluding hydrogens is 173 g/mol. The minimum Gasteiger partial charge on any atom is -0.854 e. The fraction of sp³-hybridized carbons (Fsp3) is 0.833. The molecule has 4 nitrogen and oxygen atoms in total. The van der Waals surface area contributed by atoms with Gasteiger partial charge >= 0.3 is 51.4 Å². The van der Waals surface area contributed by atoms with Gasteiger partial charge in [0.05, 0.1) is 6.61 Å². The molecule has 0 spiro atoms. The van der Waals surface area contributed by atoms with Gasteiger partial charge in [-0.25, -0.2) is 0 Å². The predicted octanol–water partition coefficient (Wildman–Crippen LogP) is -4.37. The summed E-state index contributed by atoms with van der Waals surface area (Å²) in [4.78, 5) is 10.1. The Bertz CT molecular complexity index is 99.8. The molecule has 0 aliphatic heterocycles. The summed E-state index contributed by atoms with van der Waals surface area (Å²) in [5.74, 6) is -0.373. The van der Waals surface area contributed by atoms with Crippen LogP contribution in [0.1, 0.15) is 12.8 Å². The normalized spacial score (nSPS) is 8.82. The van der Waals surface area contributed by atoms with Crippen molar-refractivity contribution in [3.05, 3.63) is 0 Å². The molecule has 0 fully saturated rings. The molecule has 0 aliphatic carbocycles. The zero-order chi connectivity index (χ0) is 7.82. The van der Waals surface area contributed by atoms with E-state index in [1.54, 1.807) is 0 Å². The van der Waals surface area contributed by atoms with Crippen LogP contribution in [-0.4, -0.2) is 25.7 Å². The summed E-state index contributed by atoms with van der Waals surface area (Å²) in [5.41, 5.74) is 4.83. The van der Waals surface area contributed by atoms with E-state index in [-0.39, 0.29) is 70.3 Å². The van der Waals surface area contributed by atoms with E-state index in [9.17, 15) is 9.90 Å². The molecule has 0 unspecified atom stereocenters. The molecule has 0 aliphatic rings. The Kier molecular flexibility index (Phi) is 14.6. The maximum Gasteiger partial charge on any atom is 1.00 e. The number of primary amides is 1. The summed E-state index contributed by atoms with van der Waals surface area (Å²) in [6, 6.07) is 0. The van der Waals surface area contributed by atoms with Crippen molar-refractivity contribution in [2.24, 2.45) is 5.73 Å². The first-order valence-electron chi connectivity index (χ1n) is 3.21. The van der Waals surface area contributed by atoms with Gasteiger partial charge in [-0.05, 0) is 6.42 Å². The first kappa shape index (κ1) is 14.5. The van der Waals surface area contributed by atoms with Crippen LogP contribution in [0.4, 0.5) is 0 Å². The van der Waals surface area contributed by atoms with Crippen molar-refractivity contribution in [2.45, 2.75) is 12.8 Å². The minimum absolute atomic E-state index is 0. The second kappa shape index (κ2) is 11.0. The summed E-state index contributed by atoms with van der Waals surface area (Å²) in [6.45, 7) is 0.628. The van der Waals surface area contributed by atoms with E-state index in [0.717, 1.165) is 0 Å². The molecule has 1 amide bonds. The third kappa shape index (κ3) is 13.9. The van der Waals surface area contributed by atoms with E-state index in [1.165, 1.54) is 0 Å². The predicted molar refractivity (Wildman–Crippen MR) is 34.1 cm³/mol. The number of carbonyl (C=O) groups excluding carboxylic acids is 1. The van der Waals surface area contributed by atoms with Crippen LogP contribution < -0.4 is 62.2 Å². The van der Waals surface area contributed by atoms with E-state index in [0.29, 0.717) is 19.6 Å². The number of hydrogen-bond acceptors (Lipinski definition) is 3. The maximum atomic E-state index is 10.1. The molecule has 0 aromatic rings. The first-order chi connectivity index (χ1) is 4.77. The Hall–Kier alpha value is 1.03. The second-order valence-electron chi connectivity index (χ2n) is 1.89. The second-order valence-corrected chi connectivity index (χ2v) is 1.89. The zero-order valence-corrected chi connectivity index (χ0v) is 9.96. The van der Waals surface area contributed by atoms with Crippen LogP contribution in [0.3, 0.4) is 0 Å². The molecule has 0 atom stereocenters. The van der Waals surface area contributed by atoms with E-state index < -0.39 is 0 Å². The molecule has 0 aromatic heterocycles. The smallest absolute Gasteiger partial charge is 0.854 e. The largest absolute Gasteiger partial charge is 1.00 e. The molecule has 0 saturated heterocycles. The topological polar surface area (TPSA) is 75.4 Å². The van der Waals surface area contributed by atoms with E-state index in [4.69, 9.17) is 10.5 Å². The van der Waals surface area contributed by atoms with Gasteiger partial charge in [-0.1, -0.05) is 0 Å². The van der Waals surface area contributed by atoms with Gasteiger partial charge in [-0.3, -0.25) is 4.79 Å². The average molecular weight is 185 g/mol. The standard InChI is InChI=1S/C6H12NO3.K/c7-6(9)2-5-10-4-1-3-8;/h1-5H2,(H2,7,9);/q-1;+1. The van der Waals surface area contributed by atoms with Crippen molar-refractivity contribution in [3.63, 3.8) is 0 Å². The van der Waals surface area contributed by atoms with Crippen molar-refractivity contribution in [2.75, 3.05) is 19.8 Å². The van der Waals surface area contributed by atoms with Gasteiger partial charge in [0, 0.05) is 13.0 Å². The van der Waals surface area contributed by atoms with E-state index >= 15 is 0 Å². The number of nitrogens with two attached hydrogens (primary N) is 1. The maximum absolute atomic E-state index is 10.1. The molecular formula is C6H12KNO3. The Morgan fingerprint density at radius 1 is 1.45 bits per heavy atom. The van der Waals surface area contributed by atoms with Crippen molar-refractivity contribution >= 4 is 5.91 Å². The van der Waals surface area contributed by atoms with Gasteiger partial charge in [0.15, 0.2) is 0 Å². The van der Waals surface area contributed by atoms with Crippen molar-refractivity contribution < 1.29 is 66.0 Å². The summed E-state index contributed by atoms with van der Waals surface area (Å²) >= 11 is 0. The molecule has 0 radical (unpaired) electrons. The van der Waals surface area contributed by atoms with Crippen molar-refractivity contribution in [1.82, 2.24) is 0 Å². The van der Waals surface area contributed by atoms with Gasteiger partial charge in [0.2, 0.25) is 5.91 Å². The number of hydrogen-bond donors (Lipinski definition) is 1. The molecule has 0 rings (SSSR count). The Morgan fingerprint density at radius 3 is 2.55 bits per heavy atom. The first-order valence-corrected chi connectivity index (χ1v) is 3.21. The minimum atomic E-state index is -0.373. The molecule has 2 N–H and O–H groups in total. The SMILES string of the molecule is NC(=O)CCOCCC[O-].[K+]. The summed E-state index contributed by atoms with van der Waals surface area (Å²) in [7, 11) is 0. The molecule has 11 heavy (non-hydrogen) atoms. The summed E-state index contributed by atoms with van der Waals surface area (Å²) < 4.78 is 4.88. The Morgan fingerprint density at radius 2 is 2.09 bits per heavy atom. The average Bonchev–Trinajstić information content (AvgIpc) is 1.87. The third-order valence-electron chi connectivity index (χ3n) is 0.926. The van der Waals surface area contributed by atoms with Gasteiger partial charge in [-0.2, -0.15) is 0 Å². The zero-order valence-electron chi connectivity index (χ0n) is 6.84. The Balaban J connectivity index is 0. The van der Waals surface area contributed by atoms with Crippen LogP contribution in [0.15, 0.2) is 0 Å². The van der Waals surface area contributed by atoms with Gasteiger partial charge in [-0.15, -0.1) is 6.61 Å². The van der Waals surface area contributed by atoms with Gasteiger partial charge in [0.1, 0.15) is 0 Å². The monoisotopic (exact) mass is 185 g/mol. The summed E-state index contributed by atoms with van der Waals surface area (Å²) in [6.07, 6.45) is 0.734. The molecule has 0 heterocycles. The van der Waals surface area contributed by atoms with Gasteiger partial charge < -0.3 is 15.6 Å². The molecule has 0 saturated carbocycles. The quantitative estimate of drug-likeness (QED) is 0.335. The molecule has 60 valence electrons. The van der Waals surface area contributed by atoms with Crippen LogP contribution in [0.2, 0.25) is 0 Å². The number of rotatable bonds is 6. The molecule has 5 heteroatoms. The van der Waals surface area contributed by atoms with Crippen molar-refractivity contribution in [3.8, 4) is 0 Å². The van der Waals surface area contributed by atoms with Gasteiger partial charge in [0.25, 0.3) is 0 Å². The fourth-order valence-electron chi connectivity index (χ4n) is 0.436. The number of ether oxygens (including phenoxy) is 1. The third-order valence-corrected chi connectivity index (χ3v) is 0.926. The Labute approximate surface area is 109 Å². The van der Waals surface area contributed by atoms with E-state index in [2.05, 4.69) is 0 Å². The molecule has 0 aromatic carbocycles. The van der Waals surface area contributed by atoms with Crippen LogP contribution in [0, 0.1) is 0 Å². The fourth-order valence-corrected chi connectivity index (χ4v) is 0.436. The molecule has 0 bridgehead atoms. The van der Waals surface area contributed by atoms with E-state index in [1.807, 2.05) is 0 Å². The van der Waals surface area contributed by atoms with Crippen LogP contribution >= 0.6 is 0 Å². The number of carbonyl (C=O) groups is 1. The van der Waals surface area contributed by atoms with Crippen LogP contribution in [-0.2, 0) is 9.53 Å².